The predicted molar refractivity (Wildman–Crippen MR) is 90.1 cm³/mol. The molecular formula is C19H20N2O. The standard InChI is InChI=1S/C19H20N2O/c1-15-20-18-13-6-5-12-17(18)19(22)21(15)14-8-7-11-16-9-3-2-4-10-16/h2-6,9-10,12-13H,7-8,11,14H2,1H3. The van der Waals surface area contributed by atoms with Gasteiger partial charge >= 0.3 is 0 Å². The van der Waals surface area contributed by atoms with Crippen LogP contribution in [0.5, 0.6) is 0 Å². The van der Waals surface area contributed by atoms with Crippen LogP contribution in [-0.2, 0) is 13.0 Å². The molecule has 0 amide bonds. The third kappa shape index (κ3) is 3.08. The Morgan fingerprint density at radius 3 is 2.50 bits per heavy atom. The molecule has 22 heavy (non-hydrogen) atoms. The first-order valence-electron chi connectivity index (χ1n) is 7.76. The summed E-state index contributed by atoms with van der Waals surface area (Å²) in [6, 6.07) is 18.0. The largest absolute Gasteiger partial charge is 0.296 e. The van der Waals surface area contributed by atoms with Crippen LogP contribution >= 0.6 is 0 Å². The average molecular weight is 292 g/mol. The van der Waals surface area contributed by atoms with Gasteiger partial charge in [0, 0.05) is 6.54 Å². The summed E-state index contributed by atoms with van der Waals surface area (Å²) in [5.74, 6) is 0.795. The van der Waals surface area contributed by atoms with Gasteiger partial charge in [0.2, 0.25) is 0 Å². The number of benzene rings is 2. The summed E-state index contributed by atoms with van der Waals surface area (Å²) in [6.45, 7) is 2.64. The molecule has 2 aromatic carbocycles. The van der Waals surface area contributed by atoms with Gasteiger partial charge in [-0.05, 0) is 43.9 Å². The van der Waals surface area contributed by atoms with Gasteiger partial charge in [0.25, 0.3) is 5.56 Å². The number of nitrogens with zero attached hydrogens (tertiary/aromatic N) is 2. The van der Waals surface area contributed by atoms with E-state index >= 15 is 0 Å². The van der Waals surface area contributed by atoms with E-state index in [1.54, 1.807) is 4.57 Å². The van der Waals surface area contributed by atoms with Crippen LogP contribution in [-0.4, -0.2) is 9.55 Å². The van der Waals surface area contributed by atoms with Gasteiger partial charge in [-0.25, -0.2) is 4.98 Å². The van der Waals surface area contributed by atoms with Crippen molar-refractivity contribution in [3.05, 3.63) is 76.3 Å². The highest BCUT2D eigenvalue weighted by Gasteiger charge is 2.07. The zero-order valence-corrected chi connectivity index (χ0v) is 12.8. The minimum absolute atomic E-state index is 0.0720. The number of unbranched alkanes of at least 4 members (excludes halogenated alkanes) is 1. The molecule has 3 nitrogen and oxygen atoms in total. The summed E-state index contributed by atoms with van der Waals surface area (Å²) in [5.41, 5.74) is 2.21. The van der Waals surface area contributed by atoms with Crippen molar-refractivity contribution < 1.29 is 0 Å². The number of para-hydroxylation sites is 1. The molecule has 1 heterocycles. The van der Waals surface area contributed by atoms with Crippen molar-refractivity contribution in [1.29, 1.82) is 0 Å². The number of aryl methyl sites for hydroxylation is 2. The Morgan fingerprint density at radius 2 is 1.68 bits per heavy atom. The van der Waals surface area contributed by atoms with Crippen molar-refractivity contribution in [2.24, 2.45) is 0 Å². The average Bonchev–Trinajstić information content (AvgIpc) is 2.55. The number of rotatable bonds is 5. The van der Waals surface area contributed by atoms with E-state index in [9.17, 15) is 4.79 Å². The van der Waals surface area contributed by atoms with Gasteiger partial charge < -0.3 is 0 Å². The van der Waals surface area contributed by atoms with Crippen molar-refractivity contribution >= 4 is 10.9 Å². The van der Waals surface area contributed by atoms with E-state index in [4.69, 9.17) is 0 Å². The van der Waals surface area contributed by atoms with E-state index in [0.717, 1.165) is 37.1 Å². The highest BCUT2D eigenvalue weighted by atomic mass is 16.1. The SMILES string of the molecule is Cc1nc2ccccc2c(=O)n1CCCCc1ccccc1. The van der Waals surface area contributed by atoms with Crippen LogP contribution < -0.4 is 5.56 Å². The van der Waals surface area contributed by atoms with Gasteiger partial charge in [-0.1, -0.05) is 42.5 Å². The Morgan fingerprint density at radius 1 is 0.955 bits per heavy atom. The molecule has 0 spiro atoms. The topological polar surface area (TPSA) is 34.9 Å². The lowest BCUT2D eigenvalue weighted by atomic mass is 10.1. The molecule has 0 bridgehead atoms. The monoisotopic (exact) mass is 292 g/mol. The van der Waals surface area contributed by atoms with Crippen LogP contribution in [0.2, 0.25) is 0 Å². The quantitative estimate of drug-likeness (QED) is 0.672. The first-order chi connectivity index (χ1) is 10.8. The van der Waals surface area contributed by atoms with Crippen LogP contribution in [0.15, 0.2) is 59.4 Å². The molecule has 0 N–H and O–H groups in total. The molecule has 3 rings (SSSR count). The second-order valence-electron chi connectivity index (χ2n) is 5.58. The molecular weight excluding hydrogens is 272 g/mol. The fraction of sp³-hybridized carbons (Fsp3) is 0.263. The second-order valence-corrected chi connectivity index (χ2v) is 5.58. The zero-order chi connectivity index (χ0) is 15.4. The van der Waals surface area contributed by atoms with Crippen molar-refractivity contribution in [3.8, 4) is 0 Å². The molecule has 0 saturated heterocycles. The first kappa shape index (κ1) is 14.5. The minimum Gasteiger partial charge on any atom is -0.296 e. The van der Waals surface area contributed by atoms with Crippen LogP contribution in [0.25, 0.3) is 10.9 Å². The van der Waals surface area contributed by atoms with Crippen molar-refractivity contribution in [1.82, 2.24) is 9.55 Å². The summed E-state index contributed by atoms with van der Waals surface area (Å²) < 4.78 is 1.80. The van der Waals surface area contributed by atoms with E-state index in [1.807, 2.05) is 37.3 Å². The smallest absolute Gasteiger partial charge is 0.261 e. The van der Waals surface area contributed by atoms with Gasteiger partial charge in [-0.15, -0.1) is 0 Å². The predicted octanol–water partition coefficient (Wildman–Crippen LogP) is 3.73. The molecule has 0 aliphatic heterocycles. The fourth-order valence-electron chi connectivity index (χ4n) is 2.79. The molecule has 0 aliphatic rings. The van der Waals surface area contributed by atoms with Crippen LogP contribution in [0.1, 0.15) is 24.2 Å². The molecule has 0 atom stereocenters. The number of aromatic nitrogens is 2. The lowest BCUT2D eigenvalue weighted by molar-refractivity contribution is 0.575. The highest BCUT2D eigenvalue weighted by molar-refractivity contribution is 5.77. The molecule has 0 fully saturated rings. The van der Waals surface area contributed by atoms with Gasteiger partial charge in [-0.3, -0.25) is 9.36 Å². The maximum atomic E-state index is 12.5. The Hall–Kier alpha value is -2.42. The lowest BCUT2D eigenvalue weighted by Crippen LogP contribution is -2.24. The molecule has 112 valence electrons. The summed E-state index contributed by atoms with van der Waals surface area (Å²) in [6.07, 6.45) is 3.11. The molecule has 0 aliphatic carbocycles. The molecule has 0 saturated carbocycles. The Balaban J connectivity index is 1.70. The minimum atomic E-state index is 0.0720. The van der Waals surface area contributed by atoms with Crippen LogP contribution in [0.3, 0.4) is 0 Å². The third-order valence-corrected chi connectivity index (χ3v) is 3.99. The van der Waals surface area contributed by atoms with Gasteiger partial charge in [-0.2, -0.15) is 0 Å². The van der Waals surface area contributed by atoms with E-state index in [-0.39, 0.29) is 5.56 Å². The van der Waals surface area contributed by atoms with Crippen molar-refractivity contribution in [2.75, 3.05) is 0 Å². The first-order valence-corrected chi connectivity index (χ1v) is 7.76. The maximum absolute atomic E-state index is 12.5. The Kier molecular flexibility index (Phi) is 4.33. The Labute approximate surface area is 130 Å². The van der Waals surface area contributed by atoms with Crippen LogP contribution in [0, 0.1) is 6.92 Å². The van der Waals surface area contributed by atoms with E-state index in [1.165, 1.54) is 5.56 Å². The maximum Gasteiger partial charge on any atom is 0.261 e. The summed E-state index contributed by atoms with van der Waals surface area (Å²) in [5, 5.41) is 0.705. The fourth-order valence-corrected chi connectivity index (χ4v) is 2.79. The van der Waals surface area contributed by atoms with E-state index < -0.39 is 0 Å². The summed E-state index contributed by atoms with van der Waals surface area (Å²) >= 11 is 0. The third-order valence-electron chi connectivity index (χ3n) is 3.99. The van der Waals surface area contributed by atoms with Crippen molar-refractivity contribution in [3.63, 3.8) is 0 Å². The molecule has 3 aromatic rings. The van der Waals surface area contributed by atoms with Crippen LogP contribution in [0.4, 0.5) is 0 Å². The highest BCUT2D eigenvalue weighted by Crippen LogP contribution is 2.09. The van der Waals surface area contributed by atoms with E-state index in [2.05, 4.69) is 29.2 Å². The lowest BCUT2D eigenvalue weighted by Gasteiger charge is -2.10. The van der Waals surface area contributed by atoms with Gasteiger partial charge in [0.15, 0.2) is 0 Å². The number of hydrogen-bond donors (Lipinski definition) is 0. The summed E-state index contributed by atoms with van der Waals surface area (Å²) in [4.78, 5) is 17.1. The molecule has 0 unspecified atom stereocenters. The molecule has 0 radical (unpaired) electrons. The van der Waals surface area contributed by atoms with Crippen molar-refractivity contribution in [2.45, 2.75) is 32.7 Å². The van der Waals surface area contributed by atoms with E-state index in [0.29, 0.717) is 5.39 Å². The molecule has 3 heteroatoms. The number of fused-ring (bicyclic) bond motifs is 1. The van der Waals surface area contributed by atoms with Gasteiger partial charge in [0.1, 0.15) is 5.82 Å². The van der Waals surface area contributed by atoms with Gasteiger partial charge in [0.05, 0.1) is 10.9 Å². The Bertz CT molecular complexity index is 822. The summed E-state index contributed by atoms with van der Waals surface area (Å²) in [7, 11) is 0. The second kappa shape index (κ2) is 6.56. The zero-order valence-electron chi connectivity index (χ0n) is 12.8. The number of hydrogen-bond acceptors (Lipinski definition) is 2. The normalized spacial score (nSPS) is 11.0. The molecule has 1 aromatic heterocycles.